The van der Waals surface area contributed by atoms with Crippen molar-refractivity contribution in [3.8, 4) is 5.75 Å². The second-order valence-electron chi connectivity index (χ2n) is 5.21. The van der Waals surface area contributed by atoms with Gasteiger partial charge in [-0.1, -0.05) is 12.1 Å². The van der Waals surface area contributed by atoms with E-state index in [0.717, 1.165) is 24.4 Å². The summed E-state index contributed by atoms with van der Waals surface area (Å²) in [5.74, 6) is 0.954. The molecule has 0 saturated carbocycles. The predicted octanol–water partition coefficient (Wildman–Crippen LogP) is 0.905. The van der Waals surface area contributed by atoms with Crippen molar-refractivity contribution < 1.29 is 9.53 Å². The fraction of sp³-hybridized carbons (Fsp3) is 0.533. The highest BCUT2D eigenvalue weighted by Crippen LogP contribution is 2.26. The minimum atomic E-state index is -0.00315. The maximum atomic E-state index is 11.5. The minimum Gasteiger partial charge on any atom is -0.497 e. The SMILES string of the molecule is COc1ccc(C(C(C)N)N2CCNC(=O)CC2)cc1. The molecule has 20 heavy (non-hydrogen) atoms. The van der Waals surface area contributed by atoms with Crippen LogP contribution < -0.4 is 15.8 Å². The van der Waals surface area contributed by atoms with Gasteiger partial charge in [0.2, 0.25) is 5.91 Å². The van der Waals surface area contributed by atoms with E-state index in [0.29, 0.717) is 13.0 Å². The van der Waals surface area contributed by atoms with Gasteiger partial charge in [0.15, 0.2) is 0 Å². The lowest BCUT2D eigenvalue weighted by Crippen LogP contribution is -2.41. The molecule has 1 aliphatic heterocycles. The van der Waals surface area contributed by atoms with E-state index >= 15 is 0 Å². The number of hydrogen-bond donors (Lipinski definition) is 2. The van der Waals surface area contributed by atoms with Crippen LogP contribution in [0.4, 0.5) is 0 Å². The number of carbonyl (C=O) groups excluding carboxylic acids is 1. The average molecular weight is 277 g/mol. The smallest absolute Gasteiger partial charge is 0.221 e. The first-order valence-electron chi connectivity index (χ1n) is 7.02. The molecule has 1 fully saturated rings. The number of rotatable bonds is 4. The first-order valence-corrected chi connectivity index (χ1v) is 7.02. The van der Waals surface area contributed by atoms with Crippen molar-refractivity contribution in [2.75, 3.05) is 26.7 Å². The molecule has 0 radical (unpaired) electrons. The van der Waals surface area contributed by atoms with E-state index in [1.54, 1.807) is 7.11 Å². The van der Waals surface area contributed by atoms with Crippen LogP contribution in [-0.2, 0) is 4.79 Å². The molecule has 1 amide bonds. The predicted molar refractivity (Wildman–Crippen MR) is 78.6 cm³/mol. The van der Waals surface area contributed by atoms with E-state index in [1.165, 1.54) is 0 Å². The number of ether oxygens (including phenoxy) is 1. The van der Waals surface area contributed by atoms with Gasteiger partial charge in [0.05, 0.1) is 7.11 Å². The largest absolute Gasteiger partial charge is 0.497 e. The summed E-state index contributed by atoms with van der Waals surface area (Å²) in [7, 11) is 1.66. The summed E-state index contributed by atoms with van der Waals surface area (Å²) in [6, 6.07) is 8.11. The molecular weight excluding hydrogens is 254 g/mol. The van der Waals surface area contributed by atoms with Crippen LogP contribution in [0.3, 0.4) is 0 Å². The third-order valence-corrected chi connectivity index (χ3v) is 3.70. The van der Waals surface area contributed by atoms with Crippen LogP contribution in [0.1, 0.15) is 24.9 Å². The maximum Gasteiger partial charge on any atom is 0.221 e. The molecule has 0 aliphatic carbocycles. The summed E-state index contributed by atoms with van der Waals surface area (Å²) in [6.07, 6.45) is 0.527. The lowest BCUT2D eigenvalue weighted by atomic mass is 9.98. The van der Waals surface area contributed by atoms with Crippen molar-refractivity contribution in [3.63, 3.8) is 0 Å². The van der Waals surface area contributed by atoms with Crippen molar-refractivity contribution in [2.45, 2.75) is 25.4 Å². The Morgan fingerprint density at radius 2 is 2.00 bits per heavy atom. The van der Waals surface area contributed by atoms with Gasteiger partial charge in [-0.3, -0.25) is 9.69 Å². The molecule has 1 aromatic carbocycles. The minimum absolute atomic E-state index is 0.00315. The van der Waals surface area contributed by atoms with E-state index in [4.69, 9.17) is 10.5 Å². The highest BCUT2D eigenvalue weighted by atomic mass is 16.5. The van der Waals surface area contributed by atoms with E-state index in [9.17, 15) is 4.79 Å². The first-order chi connectivity index (χ1) is 9.61. The normalized spacial score (nSPS) is 19.9. The van der Waals surface area contributed by atoms with Gasteiger partial charge < -0.3 is 15.8 Å². The number of nitrogens with zero attached hydrogens (tertiary/aromatic N) is 1. The van der Waals surface area contributed by atoms with Gasteiger partial charge in [-0.05, 0) is 24.6 Å². The fourth-order valence-corrected chi connectivity index (χ4v) is 2.71. The molecule has 110 valence electrons. The zero-order valence-electron chi connectivity index (χ0n) is 12.1. The van der Waals surface area contributed by atoms with Crippen LogP contribution >= 0.6 is 0 Å². The van der Waals surface area contributed by atoms with Crippen LogP contribution in [0.25, 0.3) is 0 Å². The van der Waals surface area contributed by atoms with Gasteiger partial charge in [-0.15, -0.1) is 0 Å². The van der Waals surface area contributed by atoms with Crippen LogP contribution in [0.15, 0.2) is 24.3 Å². The number of carbonyl (C=O) groups is 1. The Morgan fingerprint density at radius 1 is 1.30 bits per heavy atom. The lowest BCUT2D eigenvalue weighted by Gasteiger charge is -2.33. The summed E-state index contributed by atoms with van der Waals surface area (Å²) >= 11 is 0. The van der Waals surface area contributed by atoms with E-state index in [1.807, 2.05) is 31.2 Å². The highest BCUT2D eigenvalue weighted by Gasteiger charge is 2.26. The van der Waals surface area contributed by atoms with Crippen LogP contribution in [0.5, 0.6) is 5.75 Å². The molecular formula is C15H23N3O2. The molecule has 0 aromatic heterocycles. The lowest BCUT2D eigenvalue weighted by molar-refractivity contribution is -0.120. The summed E-state index contributed by atoms with van der Waals surface area (Å²) in [5, 5.41) is 2.90. The highest BCUT2D eigenvalue weighted by molar-refractivity contribution is 5.76. The molecule has 5 heteroatoms. The van der Waals surface area contributed by atoms with E-state index in [2.05, 4.69) is 10.2 Å². The molecule has 2 rings (SSSR count). The van der Waals surface area contributed by atoms with Gasteiger partial charge in [-0.25, -0.2) is 0 Å². The topological polar surface area (TPSA) is 67.6 Å². The zero-order chi connectivity index (χ0) is 14.5. The van der Waals surface area contributed by atoms with Crippen LogP contribution in [0.2, 0.25) is 0 Å². The van der Waals surface area contributed by atoms with Crippen molar-refractivity contribution in [3.05, 3.63) is 29.8 Å². The third-order valence-electron chi connectivity index (χ3n) is 3.70. The average Bonchev–Trinajstić information content (AvgIpc) is 2.65. The number of amides is 1. The fourth-order valence-electron chi connectivity index (χ4n) is 2.71. The molecule has 2 atom stereocenters. The number of methoxy groups -OCH3 is 1. The molecule has 5 nitrogen and oxygen atoms in total. The van der Waals surface area contributed by atoms with Gasteiger partial charge in [-0.2, -0.15) is 0 Å². The standard InChI is InChI=1S/C15H23N3O2/c1-11(16)15(12-3-5-13(20-2)6-4-12)18-9-7-14(19)17-8-10-18/h3-6,11,15H,7-10,16H2,1-2H3,(H,17,19). The van der Waals surface area contributed by atoms with Crippen molar-refractivity contribution in [2.24, 2.45) is 5.73 Å². The molecule has 1 heterocycles. The van der Waals surface area contributed by atoms with Gasteiger partial charge in [0.1, 0.15) is 5.75 Å². The van der Waals surface area contributed by atoms with Crippen LogP contribution in [0, 0.1) is 0 Å². The number of nitrogens with two attached hydrogens (primary N) is 1. The molecule has 3 N–H and O–H groups in total. The molecule has 0 bridgehead atoms. The van der Waals surface area contributed by atoms with Crippen molar-refractivity contribution in [1.82, 2.24) is 10.2 Å². The van der Waals surface area contributed by atoms with Gasteiger partial charge in [0.25, 0.3) is 0 Å². The first kappa shape index (κ1) is 14.8. The van der Waals surface area contributed by atoms with Crippen molar-refractivity contribution >= 4 is 5.91 Å². The quantitative estimate of drug-likeness (QED) is 0.858. The molecule has 2 unspecified atom stereocenters. The maximum absolute atomic E-state index is 11.5. The summed E-state index contributed by atoms with van der Waals surface area (Å²) in [4.78, 5) is 13.7. The number of nitrogens with one attached hydrogen (secondary N) is 1. The Hall–Kier alpha value is -1.59. The molecule has 0 spiro atoms. The van der Waals surface area contributed by atoms with Crippen molar-refractivity contribution in [1.29, 1.82) is 0 Å². The monoisotopic (exact) mass is 277 g/mol. The molecule has 1 aliphatic rings. The second-order valence-corrected chi connectivity index (χ2v) is 5.21. The Balaban J connectivity index is 2.18. The zero-order valence-corrected chi connectivity index (χ0v) is 12.1. The Morgan fingerprint density at radius 3 is 2.60 bits per heavy atom. The Kier molecular flexibility index (Phi) is 4.98. The van der Waals surface area contributed by atoms with E-state index in [-0.39, 0.29) is 18.0 Å². The third kappa shape index (κ3) is 3.49. The van der Waals surface area contributed by atoms with E-state index < -0.39 is 0 Å². The number of benzene rings is 1. The van der Waals surface area contributed by atoms with Gasteiger partial charge in [0, 0.05) is 38.1 Å². The summed E-state index contributed by atoms with van der Waals surface area (Å²) in [6.45, 7) is 4.25. The molecule has 1 aromatic rings. The molecule has 1 saturated heterocycles. The summed E-state index contributed by atoms with van der Waals surface area (Å²) < 4.78 is 5.19. The van der Waals surface area contributed by atoms with Gasteiger partial charge >= 0.3 is 0 Å². The summed E-state index contributed by atoms with van der Waals surface area (Å²) in [5.41, 5.74) is 7.34. The number of hydrogen-bond acceptors (Lipinski definition) is 4. The second kappa shape index (κ2) is 6.72. The van der Waals surface area contributed by atoms with Crippen LogP contribution in [-0.4, -0.2) is 43.6 Å². The Bertz CT molecular complexity index is 445. The Labute approximate surface area is 120 Å².